The molecule has 128 valence electrons. The van der Waals surface area contributed by atoms with Gasteiger partial charge >= 0.3 is 0 Å². The Morgan fingerprint density at radius 3 is 2.25 bits per heavy atom. The van der Waals surface area contributed by atoms with Crippen LogP contribution in [0.4, 0.5) is 5.69 Å². The van der Waals surface area contributed by atoms with Crippen molar-refractivity contribution in [3.05, 3.63) is 53.6 Å². The van der Waals surface area contributed by atoms with Gasteiger partial charge in [0.05, 0.1) is 7.11 Å². The van der Waals surface area contributed by atoms with Gasteiger partial charge in [-0.2, -0.15) is 0 Å². The van der Waals surface area contributed by atoms with Gasteiger partial charge in [-0.05, 0) is 37.3 Å². The Balaban J connectivity index is 2.37. The van der Waals surface area contributed by atoms with E-state index < -0.39 is 15.9 Å². The molecule has 0 bridgehead atoms. The Hall–Kier alpha value is -2.38. The molecule has 24 heavy (non-hydrogen) atoms. The number of ether oxygens (including phenoxy) is 1. The molecule has 1 amide bonds. The summed E-state index contributed by atoms with van der Waals surface area (Å²) in [7, 11) is 0.508. The van der Waals surface area contributed by atoms with Crippen molar-refractivity contribution < 1.29 is 17.9 Å². The van der Waals surface area contributed by atoms with Crippen molar-refractivity contribution in [2.45, 2.75) is 11.8 Å². The van der Waals surface area contributed by atoms with Gasteiger partial charge in [0.1, 0.15) is 10.6 Å². The third kappa shape index (κ3) is 3.74. The van der Waals surface area contributed by atoms with E-state index in [1.807, 2.05) is 19.1 Å². The standard InChI is InChI=1S/C17H20N2O4S/c1-12-5-8-14(9-6-12)18-17(20)13-7-10-15(23-4)16(11-13)24(21,22)19(2)3/h5-11H,1-4H3,(H,18,20). The lowest BCUT2D eigenvalue weighted by molar-refractivity contribution is 0.102. The van der Waals surface area contributed by atoms with Crippen LogP contribution >= 0.6 is 0 Å². The Bertz CT molecular complexity index is 843. The minimum Gasteiger partial charge on any atom is -0.495 e. The summed E-state index contributed by atoms with van der Waals surface area (Å²) in [4.78, 5) is 12.3. The van der Waals surface area contributed by atoms with Gasteiger partial charge in [0.15, 0.2) is 0 Å². The van der Waals surface area contributed by atoms with Gasteiger partial charge in [-0.1, -0.05) is 17.7 Å². The van der Waals surface area contributed by atoms with Gasteiger partial charge in [-0.3, -0.25) is 4.79 Å². The van der Waals surface area contributed by atoms with Crippen LogP contribution in [0.15, 0.2) is 47.4 Å². The molecule has 2 aromatic carbocycles. The maximum Gasteiger partial charge on any atom is 0.255 e. The smallest absolute Gasteiger partial charge is 0.255 e. The second-order valence-electron chi connectivity index (χ2n) is 5.47. The highest BCUT2D eigenvalue weighted by Crippen LogP contribution is 2.27. The van der Waals surface area contributed by atoms with Crippen LogP contribution < -0.4 is 10.1 Å². The molecule has 0 spiro atoms. The molecule has 6 nitrogen and oxygen atoms in total. The molecule has 0 radical (unpaired) electrons. The fraction of sp³-hybridized carbons (Fsp3) is 0.235. The van der Waals surface area contributed by atoms with Gasteiger partial charge in [0, 0.05) is 25.3 Å². The number of rotatable bonds is 5. The number of carbonyl (C=O) groups excluding carboxylic acids is 1. The summed E-state index contributed by atoms with van der Waals surface area (Å²) in [6.45, 7) is 1.95. The molecule has 7 heteroatoms. The monoisotopic (exact) mass is 348 g/mol. The maximum atomic E-state index is 12.4. The number of carbonyl (C=O) groups is 1. The van der Waals surface area contributed by atoms with E-state index in [1.165, 1.54) is 39.4 Å². The second kappa shape index (κ2) is 7.02. The number of hydrogen-bond donors (Lipinski definition) is 1. The summed E-state index contributed by atoms with van der Waals surface area (Å²) in [5, 5.41) is 2.74. The van der Waals surface area contributed by atoms with Crippen LogP contribution in [0.2, 0.25) is 0 Å². The quantitative estimate of drug-likeness (QED) is 0.901. The first-order valence-electron chi connectivity index (χ1n) is 7.24. The number of anilines is 1. The zero-order valence-electron chi connectivity index (χ0n) is 14.0. The lowest BCUT2D eigenvalue weighted by atomic mass is 10.2. The number of aryl methyl sites for hydroxylation is 1. The molecule has 0 atom stereocenters. The number of nitrogens with one attached hydrogen (secondary N) is 1. The van der Waals surface area contributed by atoms with Crippen LogP contribution in [0, 0.1) is 6.92 Å². The third-order valence-electron chi connectivity index (χ3n) is 3.49. The van der Waals surface area contributed by atoms with Crippen molar-refractivity contribution in [3.63, 3.8) is 0 Å². The minimum absolute atomic E-state index is 0.0495. The van der Waals surface area contributed by atoms with E-state index in [2.05, 4.69) is 5.32 Å². The summed E-state index contributed by atoms with van der Waals surface area (Å²) in [6.07, 6.45) is 0. The van der Waals surface area contributed by atoms with Crippen LogP contribution in [0.5, 0.6) is 5.75 Å². The molecule has 2 rings (SSSR count). The number of nitrogens with zero attached hydrogens (tertiary/aromatic N) is 1. The maximum absolute atomic E-state index is 12.4. The van der Waals surface area contributed by atoms with Crippen LogP contribution in [0.3, 0.4) is 0 Å². The SMILES string of the molecule is COc1ccc(C(=O)Nc2ccc(C)cc2)cc1S(=O)(=O)N(C)C. The zero-order chi connectivity index (χ0) is 17.9. The zero-order valence-corrected chi connectivity index (χ0v) is 14.8. The number of sulfonamides is 1. The fourth-order valence-corrected chi connectivity index (χ4v) is 3.13. The molecule has 0 unspecified atom stereocenters. The highest BCUT2D eigenvalue weighted by atomic mass is 32.2. The molecule has 2 aromatic rings. The van der Waals surface area contributed by atoms with Crippen molar-refractivity contribution in [1.29, 1.82) is 0 Å². The van der Waals surface area contributed by atoms with Crippen molar-refractivity contribution in [3.8, 4) is 5.75 Å². The number of amides is 1. The number of methoxy groups -OCH3 is 1. The van der Waals surface area contributed by atoms with Gasteiger partial charge in [-0.15, -0.1) is 0 Å². The lowest BCUT2D eigenvalue weighted by Gasteiger charge is -2.15. The van der Waals surface area contributed by atoms with E-state index in [4.69, 9.17) is 4.74 Å². The summed E-state index contributed by atoms with van der Waals surface area (Å²) in [6, 6.07) is 11.6. The Labute approximate surface area is 142 Å². The van der Waals surface area contributed by atoms with Crippen LogP contribution in [-0.4, -0.2) is 39.8 Å². The van der Waals surface area contributed by atoms with E-state index in [0.29, 0.717) is 5.69 Å². The molecule has 0 aliphatic rings. The molecule has 0 aliphatic heterocycles. The van der Waals surface area contributed by atoms with Crippen LogP contribution in [0.1, 0.15) is 15.9 Å². The van der Waals surface area contributed by atoms with Crippen molar-refractivity contribution in [2.75, 3.05) is 26.5 Å². The average Bonchev–Trinajstić information content (AvgIpc) is 2.56. The molecular weight excluding hydrogens is 328 g/mol. The lowest BCUT2D eigenvalue weighted by Crippen LogP contribution is -2.23. The minimum atomic E-state index is -3.73. The summed E-state index contributed by atoms with van der Waals surface area (Å²) < 4.78 is 31.0. The summed E-state index contributed by atoms with van der Waals surface area (Å²) in [5.74, 6) is -0.202. The van der Waals surface area contributed by atoms with Crippen LogP contribution in [-0.2, 0) is 10.0 Å². The van der Waals surface area contributed by atoms with Crippen molar-refractivity contribution in [2.24, 2.45) is 0 Å². The topological polar surface area (TPSA) is 75.7 Å². The molecule has 0 fully saturated rings. The Kier molecular flexibility index (Phi) is 5.26. The Morgan fingerprint density at radius 1 is 1.08 bits per heavy atom. The van der Waals surface area contributed by atoms with E-state index in [9.17, 15) is 13.2 Å². The van der Waals surface area contributed by atoms with E-state index in [-0.39, 0.29) is 16.2 Å². The van der Waals surface area contributed by atoms with Crippen molar-refractivity contribution in [1.82, 2.24) is 4.31 Å². The van der Waals surface area contributed by atoms with E-state index in [1.54, 1.807) is 12.1 Å². The molecule has 0 saturated heterocycles. The Morgan fingerprint density at radius 2 is 1.71 bits per heavy atom. The first kappa shape index (κ1) is 18.0. The second-order valence-corrected chi connectivity index (χ2v) is 7.59. The first-order chi connectivity index (χ1) is 11.3. The molecular formula is C17H20N2O4S. The van der Waals surface area contributed by atoms with E-state index >= 15 is 0 Å². The van der Waals surface area contributed by atoms with E-state index in [0.717, 1.165) is 9.87 Å². The predicted molar refractivity (Wildman–Crippen MR) is 93.0 cm³/mol. The van der Waals surface area contributed by atoms with Gasteiger partial charge in [0.2, 0.25) is 10.0 Å². The van der Waals surface area contributed by atoms with Crippen LogP contribution in [0.25, 0.3) is 0 Å². The van der Waals surface area contributed by atoms with Crippen molar-refractivity contribution >= 4 is 21.6 Å². The number of hydrogen-bond acceptors (Lipinski definition) is 4. The molecule has 0 heterocycles. The summed E-state index contributed by atoms with van der Waals surface area (Å²) >= 11 is 0. The highest BCUT2D eigenvalue weighted by molar-refractivity contribution is 7.89. The normalized spacial score (nSPS) is 11.4. The van der Waals surface area contributed by atoms with Gasteiger partial charge < -0.3 is 10.1 Å². The summed E-state index contributed by atoms with van der Waals surface area (Å²) in [5.41, 5.74) is 1.95. The predicted octanol–water partition coefficient (Wildman–Crippen LogP) is 2.51. The van der Waals surface area contributed by atoms with Gasteiger partial charge in [0.25, 0.3) is 5.91 Å². The largest absolute Gasteiger partial charge is 0.495 e. The molecule has 0 aromatic heterocycles. The first-order valence-corrected chi connectivity index (χ1v) is 8.68. The molecule has 1 N–H and O–H groups in total. The number of benzene rings is 2. The van der Waals surface area contributed by atoms with Gasteiger partial charge in [-0.25, -0.2) is 12.7 Å². The molecule has 0 saturated carbocycles. The average molecular weight is 348 g/mol. The third-order valence-corrected chi connectivity index (χ3v) is 5.33. The highest BCUT2D eigenvalue weighted by Gasteiger charge is 2.23. The fourth-order valence-electron chi connectivity index (χ4n) is 2.06. The molecule has 0 aliphatic carbocycles.